The third-order valence-corrected chi connectivity index (χ3v) is 3.26. The molecule has 0 spiro atoms. The number of hydrogen-bond donors (Lipinski definition) is 0. The van der Waals surface area contributed by atoms with Crippen molar-refractivity contribution >= 4 is 9.90 Å². The van der Waals surface area contributed by atoms with Gasteiger partial charge in [0.2, 0.25) is 0 Å². The van der Waals surface area contributed by atoms with Crippen LogP contribution in [0.25, 0.3) is 0 Å². The molecule has 2 rings (SSSR count). The zero-order valence-corrected chi connectivity index (χ0v) is 15.3. The molecule has 2 atom stereocenters. The Morgan fingerprint density at radius 2 is 1.52 bits per heavy atom. The van der Waals surface area contributed by atoms with E-state index in [2.05, 4.69) is 13.8 Å². The topological polar surface area (TPSA) is 21.8 Å². The first kappa shape index (κ1) is 20.4. The second-order valence-corrected chi connectivity index (χ2v) is 5.43. The number of para-hydroxylation sites is 1. The van der Waals surface area contributed by atoms with Crippen LogP contribution in [0.2, 0.25) is 0 Å². The first-order chi connectivity index (χ1) is 9.83. The fourth-order valence-corrected chi connectivity index (χ4v) is 1.86. The van der Waals surface area contributed by atoms with Gasteiger partial charge in [-0.1, -0.05) is 63.6 Å². The molecule has 0 N–H and O–H groups in total. The van der Waals surface area contributed by atoms with E-state index in [1.807, 2.05) is 30.3 Å². The average molecular weight is 312 g/mol. The summed E-state index contributed by atoms with van der Waals surface area (Å²) in [6, 6.07) is 10.1. The Morgan fingerprint density at radius 3 is 2.05 bits per heavy atom. The molecule has 2 unspecified atom stereocenters. The third-order valence-electron chi connectivity index (χ3n) is 3.26. The summed E-state index contributed by atoms with van der Waals surface area (Å²) >= 11 is 0. The van der Waals surface area contributed by atoms with Gasteiger partial charge >= 0.3 is 0 Å². The molecule has 0 radical (unpaired) electrons. The molecule has 1 aromatic rings. The van der Waals surface area contributed by atoms with Crippen molar-refractivity contribution in [2.45, 2.75) is 64.9 Å². The highest BCUT2D eigenvalue weighted by atomic mass is 31.0. The zero-order chi connectivity index (χ0) is 14.5. The Morgan fingerprint density at radius 1 is 1.00 bits per heavy atom. The molecular formula is C18H33O2P. The van der Waals surface area contributed by atoms with Crippen LogP contribution in [0.4, 0.5) is 0 Å². The molecule has 0 bridgehead atoms. The lowest BCUT2D eigenvalue weighted by atomic mass is 10.1. The Balaban J connectivity index is 0.000000687. The molecule has 0 saturated carbocycles. The van der Waals surface area contributed by atoms with Gasteiger partial charge in [-0.15, -0.1) is 0 Å². The minimum Gasteiger partial charge on any atom is -0.494 e. The van der Waals surface area contributed by atoms with E-state index in [9.17, 15) is 0 Å². The fourth-order valence-electron chi connectivity index (χ4n) is 1.86. The van der Waals surface area contributed by atoms with Crippen LogP contribution in [0.1, 0.15) is 58.8 Å². The fraction of sp³-hybridized carbons (Fsp3) is 0.667. The molecular weight excluding hydrogens is 279 g/mol. The van der Waals surface area contributed by atoms with E-state index in [4.69, 9.17) is 9.47 Å². The maximum Gasteiger partial charge on any atom is 0.119 e. The van der Waals surface area contributed by atoms with Crippen LogP contribution in [0, 0.1) is 0 Å². The molecule has 2 nitrogen and oxygen atoms in total. The number of rotatable bonds is 9. The van der Waals surface area contributed by atoms with Crippen molar-refractivity contribution in [2.75, 3.05) is 13.2 Å². The van der Waals surface area contributed by atoms with Gasteiger partial charge in [0, 0.05) is 0 Å². The first-order valence-corrected chi connectivity index (χ1v) is 8.12. The summed E-state index contributed by atoms with van der Waals surface area (Å²) in [7, 11) is 0. The van der Waals surface area contributed by atoms with Gasteiger partial charge in [0.05, 0.1) is 19.3 Å². The SMILES string of the molecule is CC1CO1.CCCCCCCCCOc1ccccc1.P. The van der Waals surface area contributed by atoms with Crippen molar-refractivity contribution in [2.24, 2.45) is 0 Å². The van der Waals surface area contributed by atoms with Gasteiger partial charge in [0.15, 0.2) is 0 Å². The van der Waals surface area contributed by atoms with Crippen molar-refractivity contribution < 1.29 is 9.47 Å². The van der Waals surface area contributed by atoms with Gasteiger partial charge in [-0.3, -0.25) is 0 Å². The lowest BCUT2D eigenvalue weighted by molar-refractivity contribution is 0.304. The van der Waals surface area contributed by atoms with E-state index in [1.165, 1.54) is 44.9 Å². The van der Waals surface area contributed by atoms with Crippen LogP contribution in [-0.4, -0.2) is 19.3 Å². The van der Waals surface area contributed by atoms with E-state index < -0.39 is 0 Å². The molecule has 0 amide bonds. The molecule has 0 aromatic heterocycles. The summed E-state index contributed by atoms with van der Waals surface area (Å²) in [5, 5.41) is 0. The van der Waals surface area contributed by atoms with Gasteiger partial charge in [0.25, 0.3) is 0 Å². The van der Waals surface area contributed by atoms with Crippen LogP contribution in [0.5, 0.6) is 5.75 Å². The van der Waals surface area contributed by atoms with Crippen molar-refractivity contribution in [1.29, 1.82) is 0 Å². The maximum absolute atomic E-state index is 5.63. The van der Waals surface area contributed by atoms with Crippen LogP contribution in [0.15, 0.2) is 30.3 Å². The van der Waals surface area contributed by atoms with Crippen molar-refractivity contribution in [1.82, 2.24) is 0 Å². The average Bonchev–Trinajstić information content (AvgIpc) is 3.26. The summed E-state index contributed by atoms with van der Waals surface area (Å²) in [5.41, 5.74) is 0. The minimum atomic E-state index is 0. The van der Waals surface area contributed by atoms with E-state index >= 15 is 0 Å². The van der Waals surface area contributed by atoms with Crippen LogP contribution >= 0.6 is 9.90 Å². The van der Waals surface area contributed by atoms with E-state index in [0.717, 1.165) is 19.0 Å². The summed E-state index contributed by atoms with van der Waals surface area (Å²) in [5.74, 6) is 0.994. The summed E-state index contributed by atoms with van der Waals surface area (Å²) in [6.07, 6.45) is 9.93. The Hall–Kier alpha value is -0.590. The molecule has 1 aliphatic heterocycles. The van der Waals surface area contributed by atoms with E-state index in [-0.39, 0.29) is 9.90 Å². The van der Waals surface area contributed by atoms with Gasteiger partial charge in [0.1, 0.15) is 5.75 Å². The summed E-state index contributed by atoms with van der Waals surface area (Å²) in [6.45, 7) is 6.16. The van der Waals surface area contributed by atoms with Crippen molar-refractivity contribution in [3.05, 3.63) is 30.3 Å². The number of epoxide rings is 1. The molecule has 1 saturated heterocycles. The molecule has 0 aliphatic carbocycles. The van der Waals surface area contributed by atoms with Gasteiger partial charge < -0.3 is 9.47 Å². The predicted octanol–water partition coefficient (Wildman–Crippen LogP) is 5.28. The maximum atomic E-state index is 5.63. The highest BCUT2D eigenvalue weighted by Crippen LogP contribution is 2.10. The molecule has 21 heavy (non-hydrogen) atoms. The quantitative estimate of drug-likeness (QED) is 0.351. The monoisotopic (exact) mass is 312 g/mol. The number of unbranched alkanes of at least 4 members (excludes halogenated alkanes) is 6. The van der Waals surface area contributed by atoms with Gasteiger partial charge in [-0.25, -0.2) is 0 Å². The van der Waals surface area contributed by atoms with Crippen LogP contribution in [0.3, 0.4) is 0 Å². The first-order valence-electron chi connectivity index (χ1n) is 8.12. The Bertz CT molecular complexity index is 312. The second-order valence-electron chi connectivity index (χ2n) is 5.43. The number of hydrogen-bond acceptors (Lipinski definition) is 2. The van der Waals surface area contributed by atoms with Gasteiger partial charge in [-0.05, 0) is 25.5 Å². The largest absolute Gasteiger partial charge is 0.494 e. The highest BCUT2D eigenvalue weighted by molar-refractivity contribution is 6.92. The van der Waals surface area contributed by atoms with Crippen LogP contribution in [-0.2, 0) is 4.74 Å². The summed E-state index contributed by atoms with van der Waals surface area (Å²) in [4.78, 5) is 0. The lowest BCUT2D eigenvalue weighted by Gasteiger charge is -2.05. The summed E-state index contributed by atoms with van der Waals surface area (Å²) < 4.78 is 10.3. The molecule has 3 heteroatoms. The smallest absolute Gasteiger partial charge is 0.119 e. The molecule has 1 heterocycles. The van der Waals surface area contributed by atoms with Gasteiger partial charge in [-0.2, -0.15) is 9.90 Å². The highest BCUT2D eigenvalue weighted by Gasteiger charge is 2.13. The minimum absolute atomic E-state index is 0. The molecule has 1 aromatic carbocycles. The van der Waals surface area contributed by atoms with Crippen molar-refractivity contribution in [3.63, 3.8) is 0 Å². The predicted molar refractivity (Wildman–Crippen MR) is 96.4 cm³/mol. The van der Waals surface area contributed by atoms with Crippen LogP contribution < -0.4 is 4.74 Å². The molecule has 1 aliphatic rings. The number of ether oxygens (including phenoxy) is 2. The molecule has 1 fully saturated rings. The zero-order valence-electron chi connectivity index (χ0n) is 13.9. The Kier molecular flexibility index (Phi) is 13.9. The third kappa shape index (κ3) is 14.1. The standard InChI is InChI=1S/C15H24O.C3H6O.H3P/c1-2-3-4-5-6-7-11-14-16-15-12-9-8-10-13-15;1-3-2-4-3;/h8-10,12-13H,2-7,11,14H2,1H3;3H,2H2,1H3;1H3. The molecule has 122 valence electrons. The number of benzene rings is 1. The van der Waals surface area contributed by atoms with Crippen molar-refractivity contribution in [3.8, 4) is 5.75 Å². The van der Waals surface area contributed by atoms with E-state index in [0.29, 0.717) is 6.10 Å². The lowest BCUT2D eigenvalue weighted by Crippen LogP contribution is -1.96. The Labute approximate surface area is 134 Å². The normalized spacial score (nSPS) is 15.4. The van der Waals surface area contributed by atoms with E-state index in [1.54, 1.807) is 0 Å². The second kappa shape index (κ2) is 14.4.